The number of piperidine rings is 1. The maximum absolute atomic E-state index is 12.6. The van der Waals surface area contributed by atoms with Gasteiger partial charge in [0.25, 0.3) is 0 Å². The molecule has 1 N–H and O–H groups in total. The average molecular weight is 416 g/mol. The third kappa shape index (κ3) is 6.72. The Hall–Kier alpha value is -3.16. The van der Waals surface area contributed by atoms with Gasteiger partial charge in [0.2, 0.25) is 17.9 Å². The van der Waals surface area contributed by atoms with Gasteiger partial charge in [-0.05, 0) is 38.3 Å². The molecular weight excluding hydrogens is 388 g/mol. The number of carbonyl (C=O) groups is 4. The molecule has 0 aromatic heterocycles. The van der Waals surface area contributed by atoms with Crippen molar-refractivity contribution in [3.05, 3.63) is 42.0 Å². The number of hydrogen-bond donors (Lipinski definition) is 1. The summed E-state index contributed by atoms with van der Waals surface area (Å²) in [6, 6.07) is 8.03. The number of benzene rings is 1. The van der Waals surface area contributed by atoms with Gasteiger partial charge in [-0.15, -0.1) is 0 Å². The average Bonchev–Trinajstić information content (AvgIpc) is 2.76. The first-order valence-electron chi connectivity index (χ1n) is 10.1. The van der Waals surface area contributed by atoms with Gasteiger partial charge in [0.15, 0.2) is 0 Å². The summed E-state index contributed by atoms with van der Waals surface area (Å²) in [7, 11) is 0. The van der Waals surface area contributed by atoms with E-state index in [0.717, 1.165) is 5.56 Å². The molecule has 2 rings (SSSR count). The van der Waals surface area contributed by atoms with Gasteiger partial charge in [0, 0.05) is 25.1 Å². The van der Waals surface area contributed by atoms with Crippen LogP contribution in [0.4, 0.5) is 0 Å². The van der Waals surface area contributed by atoms with E-state index in [4.69, 9.17) is 9.47 Å². The molecule has 0 unspecified atom stereocenters. The number of hydrogen-bond acceptors (Lipinski definition) is 6. The van der Waals surface area contributed by atoms with Gasteiger partial charge in [0.05, 0.1) is 13.2 Å². The summed E-state index contributed by atoms with van der Waals surface area (Å²) >= 11 is 0. The minimum absolute atomic E-state index is 0.0849. The van der Waals surface area contributed by atoms with Crippen molar-refractivity contribution in [1.29, 1.82) is 0 Å². The van der Waals surface area contributed by atoms with E-state index in [2.05, 4.69) is 5.32 Å². The monoisotopic (exact) mass is 416 g/mol. The van der Waals surface area contributed by atoms with E-state index in [-0.39, 0.29) is 19.1 Å². The number of ether oxygens (including phenoxy) is 2. The molecule has 1 fully saturated rings. The van der Waals surface area contributed by atoms with Crippen molar-refractivity contribution < 1.29 is 28.7 Å². The molecule has 0 bridgehead atoms. The van der Waals surface area contributed by atoms with Crippen molar-refractivity contribution in [1.82, 2.24) is 10.2 Å². The van der Waals surface area contributed by atoms with Crippen molar-refractivity contribution in [3.8, 4) is 0 Å². The SMILES string of the molecule is CCOC(=O)C(NC(=O)C1CCN(C(=O)/C=C/c2ccccc2)CC1)C(=O)OCC. The topological polar surface area (TPSA) is 102 Å². The lowest BCUT2D eigenvalue weighted by Crippen LogP contribution is -2.51. The highest BCUT2D eigenvalue weighted by atomic mass is 16.6. The highest BCUT2D eigenvalue weighted by molar-refractivity contribution is 6.02. The zero-order valence-electron chi connectivity index (χ0n) is 17.3. The second-order valence-electron chi connectivity index (χ2n) is 6.79. The molecule has 8 heteroatoms. The zero-order valence-corrected chi connectivity index (χ0v) is 17.3. The highest BCUT2D eigenvalue weighted by Gasteiger charge is 2.34. The van der Waals surface area contributed by atoms with Gasteiger partial charge < -0.3 is 19.7 Å². The predicted octanol–water partition coefficient (Wildman–Crippen LogP) is 1.55. The van der Waals surface area contributed by atoms with Crippen LogP contribution in [0.5, 0.6) is 0 Å². The standard InChI is InChI=1S/C22H28N2O6/c1-3-29-21(27)19(22(28)30-4-2)23-20(26)17-12-14-24(15-13-17)18(25)11-10-16-8-6-5-7-9-16/h5-11,17,19H,3-4,12-15H2,1-2H3,(H,23,26)/b11-10+. The van der Waals surface area contributed by atoms with Crippen molar-refractivity contribution in [2.24, 2.45) is 5.92 Å². The third-order valence-corrected chi connectivity index (χ3v) is 4.73. The molecule has 1 heterocycles. The number of esters is 2. The molecule has 8 nitrogen and oxygen atoms in total. The quantitative estimate of drug-likeness (QED) is 0.392. The number of rotatable bonds is 8. The first kappa shape index (κ1) is 23.1. The Morgan fingerprint density at radius 3 is 2.13 bits per heavy atom. The second-order valence-corrected chi connectivity index (χ2v) is 6.79. The van der Waals surface area contributed by atoms with Gasteiger partial charge in [0.1, 0.15) is 0 Å². The van der Waals surface area contributed by atoms with Crippen molar-refractivity contribution in [3.63, 3.8) is 0 Å². The first-order chi connectivity index (χ1) is 14.5. The van der Waals surface area contributed by atoms with E-state index in [1.807, 2.05) is 30.3 Å². The Labute approximate surface area is 176 Å². The number of carbonyl (C=O) groups excluding carboxylic acids is 4. The Balaban J connectivity index is 1.88. The van der Waals surface area contributed by atoms with Crippen LogP contribution in [0.2, 0.25) is 0 Å². The summed E-state index contributed by atoms with van der Waals surface area (Å²) in [6.07, 6.45) is 4.15. The van der Waals surface area contributed by atoms with Crippen LogP contribution in [0, 0.1) is 5.92 Å². The molecule has 0 atom stereocenters. The summed E-state index contributed by atoms with van der Waals surface area (Å²) in [5.41, 5.74) is 0.934. The Morgan fingerprint density at radius 1 is 1.03 bits per heavy atom. The maximum atomic E-state index is 12.6. The van der Waals surface area contributed by atoms with Gasteiger partial charge in [-0.3, -0.25) is 9.59 Å². The summed E-state index contributed by atoms with van der Waals surface area (Å²) in [6.45, 7) is 4.23. The van der Waals surface area contributed by atoms with Crippen molar-refractivity contribution in [2.45, 2.75) is 32.7 Å². The number of amides is 2. The molecular formula is C22H28N2O6. The zero-order chi connectivity index (χ0) is 21.9. The van der Waals surface area contributed by atoms with Crippen LogP contribution in [-0.4, -0.2) is 61.0 Å². The summed E-state index contributed by atoms with van der Waals surface area (Å²) in [5.74, 6) is -2.63. The van der Waals surface area contributed by atoms with Gasteiger partial charge in [-0.2, -0.15) is 0 Å². The van der Waals surface area contributed by atoms with Crippen LogP contribution in [-0.2, 0) is 28.7 Å². The van der Waals surface area contributed by atoms with Crippen LogP contribution >= 0.6 is 0 Å². The van der Waals surface area contributed by atoms with E-state index >= 15 is 0 Å². The van der Waals surface area contributed by atoms with E-state index < -0.39 is 29.8 Å². The molecule has 0 spiro atoms. The molecule has 30 heavy (non-hydrogen) atoms. The minimum atomic E-state index is -1.48. The summed E-state index contributed by atoms with van der Waals surface area (Å²) < 4.78 is 9.71. The lowest BCUT2D eigenvalue weighted by molar-refractivity contribution is -0.160. The molecule has 1 aliphatic heterocycles. The second kappa shape index (κ2) is 11.7. The molecule has 1 saturated heterocycles. The molecule has 0 radical (unpaired) electrons. The summed E-state index contributed by atoms with van der Waals surface area (Å²) in [5, 5.41) is 2.44. The number of likely N-dealkylation sites (tertiary alicyclic amines) is 1. The maximum Gasteiger partial charge on any atom is 0.340 e. The van der Waals surface area contributed by atoms with Crippen molar-refractivity contribution in [2.75, 3.05) is 26.3 Å². The predicted molar refractivity (Wildman–Crippen MR) is 110 cm³/mol. The Kier molecular flexibility index (Phi) is 9.05. The number of nitrogens with zero attached hydrogens (tertiary/aromatic N) is 1. The van der Waals surface area contributed by atoms with Gasteiger partial charge >= 0.3 is 11.9 Å². The van der Waals surface area contributed by atoms with Crippen molar-refractivity contribution >= 4 is 29.8 Å². The van der Waals surface area contributed by atoms with Gasteiger partial charge in [-0.1, -0.05) is 30.3 Å². The fraction of sp³-hybridized carbons (Fsp3) is 0.455. The fourth-order valence-corrected chi connectivity index (χ4v) is 3.12. The van der Waals surface area contributed by atoms with E-state index in [0.29, 0.717) is 25.9 Å². The van der Waals surface area contributed by atoms with Crippen LogP contribution in [0.1, 0.15) is 32.3 Å². The lowest BCUT2D eigenvalue weighted by Gasteiger charge is -2.31. The first-order valence-corrected chi connectivity index (χ1v) is 10.1. The van der Waals surface area contributed by atoms with E-state index in [1.165, 1.54) is 6.08 Å². The highest BCUT2D eigenvalue weighted by Crippen LogP contribution is 2.18. The van der Waals surface area contributed by atoms with Crippen LogP contribution in [0.25, 0.3) is 6.08 Å². The minimum Gasteiger partial charge on any atom is -0.464 e. The molecule has 1 aromatic carbocycles. The van der Waals surface area contributed by atoms with E-state index in [1.54, 1.807) is 24.8 Å². The molecule has 0 saturated carbocycles. The molecule has 162 valence electrons. The van der Waals surface area contributed by atoms with Crippen LogP contribution in [0.15, 0.2) is 36.4 Å². The molecule has 0 aliphatic carbocycles. The Morgan fingerprint density at radius 2 is 1.60 bits per heavy atom. The third-order valence-electron chi connectivity index (χ3n) is 4.73. The lowest BCUT2D eigenvalue weighted by atomic mass is 9.95. The number of nitrogens with one attached hydrogen (secondary N) is 1. The summed E-state index contributed by atoms with van der Waals surface area (Å²) in [4.78, 5) is 50.6. The fourth-order valence-electron chi connectivity index (χ4n) is 3.12. The van der Waals surface area contributed by atoms with E-state index in [9.17, 15) is 19.2 Å². The molecule has 1 aliphatic rings. The van der Waals surface area contributed by atoms with Crippen LogP contribution < -0.4 is 5.32 Å². The smallest absolute Gasteiger partial charge is 0.340 e. The Bertz CT molecular complexity index is 751. The molecule has 2 amide bonds. The normalized spacial score (nSPS) is 14.6. The van der Waals surface area contributed by atoms with Crippen LogP contribution in [0.3, 0.4) is 0 Å². The van der Waals surface area contributed by atoms with Gasteiger partial charge in [-0.25, -0.2) is 9.59 Å². The molecule has 1 aromatic rings. The largest absolute Gasteiger partial charge is 0.464 e.